The van der Waals surface area contributed by atoms with Crippen molar-refractivity contribution in [3.05, 3.63) is 58.5 Å². The number of likely N-dealkylation sites (N-methyl/N-ethyl adjacent to an activating group) is 1. The van der Waals surface area contributed by atoms with Crippen LogP contribution in [-0.4, -0.2) is 77.6 Å². The third kappa shape index (κ3) is 8.04. The molecule has 10 heteroatoms. The first-order valence-electron chi connectivity index (χ1n) is 15.4. The summed E-state index contributed by atoms with van der Waals surface area (Å²) < 4.78 is 20.1. The van der Waals surface area contributed by atoms with E-state index < -0.39 is 17.8 Å². The van der Waals surface area contributed by atoms with Gasteiger partial charge in [0.2, 0.25) is 0 Å². The molecule has 0 radical (unpaired) electrons. The Morgan fingerprint density at radius 1 is 1.23 bits per heavy atom. The first-order chi connectivity index (χ1) is 20.6. The van der Waals surface area contributed by atoms with Crippen LogP contribution in [0.15, 0.2) is 36.7 Å². The van der Waals surface area contributed by atoms with Crippen molar-refractivity contribution in [2.24, 2.45) is 5.92 Å². The quantitative estimate of drug-likeness (QED) is 0.274. The lowest BCUT2D eigenvalue weighted by Crippen LogP contribution is -2.55. The van der Waals surface area contributed by atoms with Gasteiger partial charge in [-0.3, -0.25) is 9.69 Å². The number of amides is 1. The summed E-state index contributed by atoms with van der Waals surface area (Å²) in [5.74, 6) is -0.290. The van der Waals surface area contributed by atoms with E-state index in [2.05, 4.69) is 56.3 Å². The fraction of sp³-hybridized carbons (Fsp3) is 0.576. The molecule has 0 spiro atoms. The second-order valence-corrected chi connectivity index (χ2v) is 12.5. The Labute approximate surface area is 260 Å². The molecule has 3 unspecified atom stereocenters. The Morgan fingerprint density at radius 2 is 2.00 bits per heavy atom. The standard InChI is InChI=1S/C33H44ClFN6O2/c1-6-9-28-30(23(3)12-13-25-10-7-8-11-29(25)34)37-33(43-21-27-18-22(2)19-39(27)5)38-31(28)40-16-17-41(32(42)24(4)35)26(20-40)14-15-36/h7-8,10-11,22-23,26-27H,4,6,9,12-14,16-21H2,1-3,5H3/t22-,23?,26?,27?/m1/s1. The Bertz CT molecular complexity index is 1330. The van der Waals surface area contributed by atoms with Crippen molar-refractivity contribution in [2.45, 2.75) is 77.3 Å². The van der Waals surface area contributed by atoms with Crippen LogP contribution in [0.4, 0.5) is 10.2 Å². The molecule has 2 aliphatic rings. The number of ether oxygens (including phenoxy) is 1. The molecule has 8 nitrogen and oxygen atoms in total. The molecule has 4 atom stereocenters. The van der Waals surface area contributed by atoms with E-state index in [1.165, 1.54) is 4.90 Å². The van der Waals surface area contributed by atoms with Crippen LogP contribution in [0.3, 0.4) is 0 Å². The van der Waals surface area contributed by atoms with Crippen molar-refractivity contribution in [1.82, 2.24) is 19.8 Å². The molecule has 0 bridgehead atoms. The average molecular weight is 611 g/mol. The van der Waals surface area contributed by atoms with Crippen LogP contribution in [-0.2, 0) is 17.6 Å². The minimum absolute atomic E-state index is 0.0837. The maximum Gasteiger partial charge on any atom is 0.318 e. The van der Waals surface area contributed by atoms with E-state index in [9.17, 15) is 14.4 Å². The van der Waals surface area contributed by atoms with Gasteiger partial charge in [0.05, 0.1) is 24.2 Å². The van der Waals surface area contributed by atoms with Gasteiger partial charge in [0.25, 0.3) is 5.91 Å². The highest BCUT2D eigenvalue weighted by Gasteiger charge is 2.34. The minimum atomic E-state index is -1.01. The maximum absolute atomic E-state index is 13.8. The van der Waals surface area contributed by atoms with Crippen LogP contribution in [0.5, 0.6) is 6.01 Å². The van der Waals surface area contributed by atoms with Crippen molar-refractivity contribution < 1.29 is 13.9 Å². The highest BCUT2D eigenvalue weighted by Crippen LogP contribution is 2.34. The van der Waals surface area contributed by atoms with Gasteiger partial charge in [-0.25, -0.2) is 4.39 Å². The molecule has 1 aromatic carbocycles. The number of hydrogen-bond donors (Lipinski definition) is 0. The lowest BCUT2D eigenvalue weighted by molar-refractivity contribution is -0.131. The molecule has 0 aliphatic carbocycles. The normalized spacial score (nSPS) is 21.5. The summed E-state index contributed by atoms with van der Waals surface area (Å²) in [5, 5.41) is 10.3. The highest BCUT2D eigenvalue weighted by molar-refractivity contribution is 6.31. The number of hydrogen-bond acceptors (Lipinski definition) is 7. The first-order valence-corrected chi connectivity index (χ1v) is 15.7. The van der Waals surface area contributed by atoms with Crippen molar-refractivity contribution in [2.75, 3.05) is 44.7 Å². The molecular formula is C33H44ClFN6O2. The summed E-state index contributed by atoms with van der Waals surface area (Å²) in [6.45, 7) is 12.4. The number of halogens is 2. The number of benzene rings is 1. The first kappa shape index (κ1) is 32.7. The van der Waals surface area contributed by atoms with E-state index in [4.69, 9.17) is 26.3 Å². The van der Waals surface area contributed by atoms with E-state index in [0.29, 0.717) is 37.7 Å². The van der Waals surface area contributed by atoms with Crippen LogP contribution in [0.25, 0.3) is 0 Å². The summed E-state index contributed by atoms with van der Waals surface area (Å²) in [5.41, 5.74) is 3.11. The van der Waals surface area contributed by atoms with Crippen molar-refractivity contribution in [1.29, 1.82) is 5.26 Å². The van der Waals surface area contributed by atoms with Gasteiger partial charge in [0.15, 0.2) is 5.83 Å². The third-order valence-corrected chi connectivity index (χ3v) is 9.04. The Hall–Kier alpha value is -3.22. The molecular weight excluding hydrogens is 567 g/mol. The molecule has 2 fully saturated rings. The molecule has 2 aromatic rings. The summed E-state index contributed by atoms with van der Waals surface area (Å²) >= 11 is 6.47. The molecule has 3 heterocycles. The Balaban J connectivity index is 1.68. The van der Waals surface area contributed by atoms with Gasteiger partial charge in [-0.1, -0.05) is 63.6 Å². The lowest BCUT2D eigenvalue weighted by atomic mass is 9.93. The monoisotopic (exact) mass is 610 g/mol. The predicted octanol–water partition coefficient (Wildman–Crippen LogP) is 5.95. The zero-order valence-corrected chi connectivity index (χ0v) is 26.6. The lowest BCUT2D eigenvalue weighted by Gasteiger charge is -2.41. The van der Waals surface area contributed by atoms with Crippen molar-refractivity contribution in [3.63, 3.8) is 0 Å². The number of aromatic nitrogens is 2. The molecule has 43 heavy (non-hydrogen) atoms. The van der Waals surface area contributed by atoms with Gasteiger partial charge in [-0.2, -0.15) is 15.2 Å². The molecule has 0 saturated carbocycles. The van der Waals surface area contributed by atoms with Crippen molar-refractivity contribution in [3.8, 4) is 12.1 Å². The molecule has 1 aromatic heterocycles. The van der Waals surface area contributed by atoms with Crippen LogP contribution in [0, 0.1) is 17.2 Å². The maximum atomic E-state index is 13.8. The minimum Gasteiger partial charge on any atom is -0.462 e. The zero-order chi connectivity index (χ0) is 31.1. The van der Waals surface area contributed by atoms with E-state index in [-0.39, 0.29) is 18.9 Å². The second kappa shape index (κ2) is 15.0. The van der Waals surface area contributed by atoms with Crippen molar-refractivity contribution >= 4 is 23.3 Å². The van der Waals surface area contributed by atoms with Crippen LogP contribution < -0.4 is 9.64 Å². The predicted molar refractivity (Wildman–Crippen MR) is 168 cm³/mol. The third-order valence-electron chi connectivity index (χ3n) is 8.67. The fourth-order valence-electron chi connectivity index (χ4n) is 6.38. The zero-order valence-electron chi connectivity index (χ0n) is 25.9. The van der Waals surface area contributed by atoms with Crippen LogP contribution >= 0.6 is 11.6 Å². The van der Waals surface area contributed by atoms with Gasteiger partial charge < -0.3 is 14.5 Å². The van der Waals surface area contributed by atoms with Gasteiger partial charge in [0, 0.05) is 42.8 Å². The number of rotatable bonds is 12. The number of nitrogens with zero attached hydrogens (tertiary/aromatic N) is 6. The number of nitriles is 1. The second-order valence-electron chi connectivity index (χ2n) is 12.1. The number of piperazine rings is 1. The van der Waals surface area contributed by atoms with Gasteiger partial charge in [-0.15, -0.1) is 0 Å². The van der Waals surface area contributed by atoms with E-state index in [0.717, 1.165) is 66.3 Å². The number of likely N-dealkylation sites (tertiary alicyclic amines) is 1. The van der Waals surface area contributed by atoms with E-state index >= 15 is 0 Å². The largest absolute Gasteiger partial charge is 0.462 e. The summed E-state index contributed by atoms with van der Waals surface area (Å²) in [4.78, 5) is 28.4. The topological polar surface area (TPSA) is 85.6 Å². The molecule has 1 amide bonds. The SMILES string of the molecule is C=C(F)C(=O)N1CCN(c2nc(OCC3C[C@@H](C)CN3C)nc(C(C)CCc3ccccc3Cl)c2CCC)CC1CC#N. The molecule has 232 valence electrons. The fourth-order valence-corrected chi connectivity index (χ4v) is 6.61. The molecule has 0 N–H and O–H groups in total. The van der Waals surface area contributed by atoms with Gasteiger partial charge >= 0.3 is 6.01 Å². The summed E-state index contributed by atoms with van der Waals surface area (Å²) in [7, 11) is 2.12. The molecule has 4 rings (SSSR count). The van der Waals surface area contributed by atoms with Gasteiger partial charge in [-0.05, 0) is 56.2 Å². The Kier molecular flexibility index (Phi) is 11.4. The average Bonchev–Trinajstić information content (AvgIpc) is 3.31. The van der Waals surface area contributed by atoms with E-state index in [1.807, 2.05) is 18.2 Å². The number of anilines is 1. The Morgan fingerprint density at radius 3 is 2.65 bits per heavy atom. The van der Waals surface area contributed by atoms with Gasteiger partial charge in [0.1, 0.15) is 12.4 Å². The summed E-state index contributed by atoms with van der Waals surface area (Å²) in [6.07, 6.45) is 4.47. The number of carbonyl (C=O) groups is 1. The summed E-state index contributed by atoms with van der Waals surface area (Å²) in [6, 6.07) is 10.2. The highest BCUT2D eigenvalue weighted by atomic mass is 35.5. The van der Waals surface area contributed by atoms with Crippen LogP contribution in [0.2, 0.25) is 5.02 Å². The number of aryl methyl sites for hydroxylation is 1. The number of carbonyl (C=O) groups excluding carboxylic acids is 1. The molecule has 2 saturated heterocycles. The smallest absolute Gasteiger partial charge is 0.318 e. The van der Waals surface area contributed by atoms with Crippen LogP contribution in [0.1, 0.15) is 69.2 Å². The van der Waals surface area contributed by atoms with E-state index in [1.54, 1.807) is 0 Å². The molecule has 2 aliphatic heterocycles.